The summed E-state index contributed by atoms with van der Waals surface area (Å²) in [6.45, 7) is 3.19. The van der Waals surface area contributed by atoms with Gasteiger partial charge in [0.2, 0.25) is 0 Å². The molecule has 0 radical (unpaired) electrons. The maximum atomic E-state index is 10.9. The third-order valence-electron chi connectivity index (χ3n) is 0.936. The Morgan fingerprint density at radius 1 is 1.20 bits per heavy atom. The zero-order valence-electron chi connectivity index (χ0n) is 6.32. The smallest absolute Gasteiger partial charge is 0.344 e. The molecule has 0 aromatic rings. The zero-order valence-corrected chi connectivity index (χ0v) is 7.21. The molecule has 60 valence electrons. The van der Waals surface area contributed by atoms with Gasteiger partial charge in [-0.1, -0.05) is 4.57 Å². The Hall–Kier alpha value is 0.0200. The number of aliphatic hydroxyl groups excluding tert-OH is 2. The van der Waals surface area contributed by atoms with Gasteiger partial charge < -0.3 is 10.2 Å². The molecular weight excluding hydrogens is 151 g/mol. The zero-order chi connectivity index (χ0) is 8.15. The Labute approximate surface area is 61.9 Å². The third kappa shape index (κ3) is 6.14. The van der Waals surface area contributed by atoms with E-state index in [4.69, 9.17) is 10.2 Å². The molecule has 0 aromatic heterocycles. The molecule has 0 saturated heterocycles. The highest BCUT2D eigenvalue weighted by atomic mass is 31.1. The van der Waals surface area contributed by atoms with Crippen LogP contribution in [0, 0.1) is 0 Å². The van der Waals surface area contributed by atoms with Gasteiger partial charge in [-0.15, -0.1) is 0 Å². The SMILES string of the molecule is CC(O)C[P+](=O)CC(C)O. The fourth-order valence-corrected chi connectivity index (χ4v) is 1.99. The Morgan fingerprint density at radius 3 is 1.70 bits per heavy atom. The quantitative estimate of drug-likeness (QED) is 0.599. The number of aliphatic hydroxyl groups is 2. The summed E-state index contributed by atoms with van der Waals surface area (Å²) < 4.78 is 10.9. The van der Waals surface area contributed by atoms with E-state index in [-0.39, 0.29) is 0 Å². The first-order chi connectivity index (χ1) is 4.52. The lowest BCUT2D eigenvalue weighted by molar-refractivity contribution is 0.211. The van der Waals surface area contributed by atoms with Crippen LogP contribution in [-0.2, 0) is 4.57 Å². The predicted octanol–water partition coefficient (Wildman–Crippen LogP) is 0.575. The van der Waals surface area contributed by atoms with Gasteiger partial charge in [0.1, 0.15) is 0 Å². The summed E-state index contributed by atoms with van der Waals surface area (Å²) in [5, 5.41) is 17.5. The summed E-state index contributed by atoms with van der Waals surface area (Å²) in [6.07, 6.45) is -0.467. The van der Waals surface area contributed by atoms with E-state index in [0.29, 0.717) is 12.3 Å². The van der Waals surface area contributed by atoms with Crippen LogP contribution in [0.5, 0.6) is 0 Å². The average molecular weight is 165 g/mol. The summed E-state index contributed by atoms with van der Waals surface area (Å²) in [5.41, 5.74) is 0. The predicted molar refractivity (Wildman–Crippen MR) is 40.7 cm³/mol. The maximum Gasteiger partial charge on any atom is 0.344 e. The highest BCUT2D eigenvalue weighted by Crippen LogP contribution is 2.21. The van der Waals surface area contributed by atoms with Gasteiger partial charge in [-0.3, -0.25) is 0 Å². The van der Waals surface area contributed by atoms with E-state index < -0.39 is 20.0 Å². The molecule has 3 nitrogen and oxygen atoms in total. The molecule has 0 amide bonds. The maximum absolute atomic E-state index is 10.9. The second kappa shape index (κ2) is 4.78. The highest BCUT2D eigenvalue weighted by Gasteiger charge is 2.20. The first-order valence-electron chi connectivity index (χ1n) is 3.30. The first-order valence-corrected chi connectivity index (χ1v) is 4.93. The fraction of sp³-hybridized carbons (Fsp3) is 1.00. The second-order valence-corrected chi connectivity index (χ2v) is 4.24. The molecule has 10 heavy (non-hydrogen) atoms. The van der Waals surface area contributed by atoms with Gasteiger partial charge in [-0.05, 0) is 13.8 Å². The monoisotopic (exact) mass is 165 g/mol. The van der Waals surface area contributed by atoms with Crippen LogP contribution in [0.1, 0.15) is 13.8 Å². The number of hydrogen-bond donors (Lipinski definition) is 2. The average Bonchev–Trinajstić information content (AvgIpc) is 1.58. The Morgan fingerprint density at radius 2 is 1.50 bits per heavy atom. The number of rotatable bonds is 4. The van der Waals surface area contributed by atoms with Crippen molar-refractivity contribution in [2.45, 2.75) is 26.1 Å². The van der Waals surface area contributed by atoms with Crippen molar-refractivity contribution in [3.8, 4) is 0 Å². The van der Waals surface area contributed by atoms with Gasteiger partial charge in [-0.25, -0.2) is 0 Å². The standard InChI is InChI=1S/C6H14O3P/c1-5(7)3-10(9)4-6(2)8/h5-8H,3-4H2,1-2H3/q+1. The minimum Gasteiger partial charge on any atom is -0.389 e. The molecule has 4 heteroatoms. The molecule has 2 atom stereocenters. The van der Waals surface area contributed by atoms with Crippen molar-refractivity contribution < 1.29 is 14.8 Å². The minimum atomic E-state index is -1.41. The van der Waals surface area contributed by atoms with E-state index in [9.17, 15) is 4.57 Å². The molecule has 0 rings (SSSR count). The van der Waals surface area contributed by atoms with Gasteiger partial charge in [0, 0.05) is 0 Å². The van der Waals surface area contributed by atoms with Gasteiger partial charge in [0.05, 0.1) is 12.2 Å². The van der Waals surface area contributed by atoms with Gasteiger partial charge in [0.25, 0.3) is 0 Å². The van der Waals surface area contributed by atoms with Gasteiger partial charge in [0.15, 0.2) is 12.3 Å². The largest absolute Gasteiger partial charge is 0.389 e. The summed E-state index contributed by atoms with van der Waals surface area (Å²) in [4.78, 5) is 0. The molecule has 0 bridgehead atoms. The molecule has 0 aliphatic rings. The van der Waals surface area contributed by atoms with E-state index in [2.05, 4.69) is 0 Å². The van der Waals surface area contributed by atoms with Crippen LogP contribution in [0.4, 0.5) is 0 Å². The Balaban J connectivity index is 3.44. The van der Waals surface area contributed by atoms with Crippen LogP contribution in [0.2, 0.25) is 0 Å². The van der Waals surface area contributed by atoms with Crippen molar-refractivity contribution in [1.29, 1.82) is 0 Å². The molecular formula is C6H14O3P+. The van der Waals surface area contributed by atoms with E-state index in [1.807, 2.05) is 0 Å². The van der Waals surface area contributed by atoms with E-state index >= 15 is 0 Å². The molecule has 0 spiro atoms. The summed E-state index contributed by atoms with van der Waals surface area (Å²) >= 11 is 0. The van der Waals surface area contributed by atoms with Gasteiger partial charge >= 0.3 is 7.80 Å². The highest BCUT2D eigenvalue weighted by molar-refractivity contribution is 7.44. The molecule has 0 aliphatic heterocycles. The van der Waals surface area contributed by atoms with Crippen LogP contribution < -0.4 is 0 Å². The van der Waals surface area contributed by atoms with Crippen molar-refractivity contribution in [2.75, 3.05) is 12.3 Å². The Kier molecular flexibility index (Phi) is 4.79. The van der Waals surface area contributed by atoms with Crippen LogP contribution in [0.25, 0.3) is 0 Å². The molecule has 0 fully saturated rings. The first kappa shape index (κ1) is 10.0. The number of hydrogen-bond acceptors (Lipinski definition) is 3. The van der Waals surface area contributed by atoms with Crippen molar-refractivity contribution in [3.05, 3.63) is 0 Å². The second-order valence-electron chi connectivity index (χ2n) is 2.54. The molecule has 0 heterocycles. The van der Waals surface area contributed by atoms with Crippen LogP contribution in [0.15, 0.2) is 0 Å². The molecule has 2 unspecified atom stereocenters. The van der Waals surface area contributed by atoms with Crippen LogP contribution in [0.3, 0.4) is 0 Å². The van der Waals surface area contributed by atoms with E-state index in [0.717, 1.165) is 0 Å². The van der Waals surface area contributed by atoms with Crippen molar-refractivity contribution in [1.82, 2.24) is 0 Å². The fourth-order valence-electron chi connectivity index (χ4n) is 0.664. The van der Waals surface area contributed by atoms with Crippen LogP contribution in [-0.4, -0.2) is 34.7 Å². The topological polar surface area (TPSA) is 57.5 Å². The van der Waals surface area contributed by atoms with E-state index in [1.165, 1.54) is 0 Å². The van der Waals surface area contributed by atoms with Crippen molar-refractivity contribution in [3.63, 3.8) is 0 Å². The van der Waals surface area contributed by atoms with Crippen LogP contribution >= 0.6 is 7.80 Å². The summed E-state index contributed by atoms with van der Waals surface area (Å²) in [5.74, 6) is 0. The third-order valence-corrected chi connectivity index (χ3v) is 2.81. The van der Waals surface area contributed by atoms with Crippen molar-refractivity contribution in [2.24, 2.45) is 0 Å². The molecule has 0 aromatic carbocycles. The van der Waals surface area contributed by atoms with Gasteiger partial charge in [-0.2, -0.15) is 0 Å². The molecule has 0 aliphatic carbocycles. The van der Waals surface area contributed by atoms with Crippen molar-refractivity contribution >= 4 is 7.80 Å². The molecule has 0 saturated carbocycles. The summed E-state index contributed by atoms with van der Waals surface area (Å²) in [7, 11) is -1.41. The molecule has 2 N–H and O–H groups in total. The summed E-state index contributed by atoms with van der Waals surface area (Å²) in [6, 6.07) is 0. The minimum absolute atomic E-state index is 0.292. The lowest BCUT2D eigenvalue weighted by atomic mass is 10.5. The van der Waals surface area contributed by atoms with E-state index in [1.54, 1.807) is 13.8 Å². The lowest BCUT2D eigenvalue weighted by Crippen LogP contribution is -2.09. The lowest BCUT2D eigenvalue weighted by Gasteiger charge is -1.95. The normalized spacial score (nSPS) is 18.2. The Bertz CT molecular complexity index is 99.6.